The van der Waals surface area contributed by atoms with Gasteiger partial charge in [0.1, 0.15) is 0 Å². The first kappa shape index (κ1) is 19.4. The molecule has 0 aromatic carbocycles. The van der Waals surface area contributed by atoms with Gasteiger partial charge in [-0.25, -0.2) is 4.79 Å². The van der Waals surface area contributed by atoms with E-state index in [-0.39, 0.29) is 24.6 Å². The molecule has 0 rings (SSSR count). The highest BCUT2D eigenvalue weighted by molar-refractivity contribution is 7.85. The number of amides is 3. The number of carbonyl (C=O) groups excluding carboxylic acids is 2. The molecule has 0 atom stereocenters. The molecule has 0 aromatic rings. The van der Waals surface area contributed by atoms with Crippen molar-refractivity contribution in [2.24, 2.45) is 0 Å². The predicted octanol–water partition coefficient (Wildman–Crippen LogP) is -0.0119. The number of likely N-dealkylation sites (N-methyl/N-ethyl adjacent to an activating group) is 1. The third-order valence-corrected chi connectivity index (χ3v) is 3.43. The molecule has 21 heavy (non-hydrogen) atoms. The molecule has 122 valence electrons. The first-order valence-electron chi connectivity index (χ1n) is 6.68. The van der Waals surface area contributed by atoms with Gasteiger partial charge in [0.2, 0.25) is 5.91 Å². The van der Waals surface area contributed by atoms with E-state index in [0.29, 0.717) is 26.1 Å². The van der Waals surface area contributed by atoms with Gasteiger partial charge in [0.15, 0.2) is 0 Å². The van der Waals surface area contributed by atoms with E-state index in [9.17, 15) is 18.0 Å². The number of nitrogens with one attached hydrogen (secondary N) is 2. The van der Waals surface area contributed by atoms with Crippen LogP contribution in [0.5, 0.6) is 0 Å². The van der Waals surface area contributed by atoms with Crippen LogP contribution >= 0.6 is 0 Å². The summed E-state index contributed by atoms with van der Waals surface area (Å²) in [6.45, 7) is 6.91. The average molecular weight is 321 g/mol. The molecule has 0 aromatic heterocycles. The first-order valence-corrected chi connectivity index (χ1v) is 8.29. The van der Waals surface area contributed by atoms with Crippen molar-refractivity contribution in [2.45, 2.75) is 19.8 Å². The molecule has 0 bridgehead atoms. The van der Waals surface area contributed by atoms with E-state index in [0.717, 1.165) is 0 Å². The van der Waals surface area contributed by atoms with Gasteiger partial charge in [0.25, 0.3) is 10.1 Å². The molecule has 0 saturated heterocycles. The van der Waals surface area contributed by atoms with Gasteiger partial charge in [-0.15, -0.1) is 0 Å². The Labute approximate surface area is 125 Å². The summed E-state index contributed by atoms with van der Waals surface area (Å²) in [4.78, 5) is 24.3. The van der Waals surface area contributed by atoms with Crippen molar-refractivity contribution in [3.8, 4) is 0 Å². The fourth-order valence-corrected chi connectivity index (χ4v) is 2.05. The topological polar surface area (TPSA) is 116 Å². The monoisotopic (exact) mass is 321 g/mol. The van der Waals surface area contributed by atoms with Crippen molar-refractivity contribution < 1.29 is 22.6 Å². The van der Waals surface area contributed by atoms with Gasteiger partial charge in [0.05, 0.1) is 5.75 Å². The van der Waals surface area contributed by atoms with Crippen molar-refractivity contribution in [1.82, 2.24) is 15.5 Å². The smallest absolute Gasteiger partial charge is 0.314 e. The maximum absolute atomic E-state index is 11.4. The van der Waals surface area contributed by atoms with Gasteiger partial charge >= 0.3 is 6.03 Å². The minimum Gasteiger partial charge on any atom is -0.339 e. The number of hydrogen-bond donors (Lipinski definition) is 3. The van der Waals surface area contributed by atoms with Crippen LogP contribution in [0.4, 0.5) is 4.79 Å². The molecule has 9 heteroatoms. The van der Waals surface area contributed by atoms with Crippen molar-refractivity contribution in [3.05, 3.63) is 12.7 Å². The van der Waals surface area contributed by atoms with Crippen molar-refractivity contribution in [1.29, 1.82) is 0 Å². The van der Waals surface area contributed by atoms with Gasteiger partial charge in [-0.2, -0.15) is 8.42 Å². The Balaban J connectivity index is 3.70. The summed E-state index contributed by atoms with van der Waals surface area (Å²) < 4.78 is 29.4. The summed E-state index contributed by atoms with van der Waals surface area (Å²) in [5.41, 5.74) is 0. The molecule has 3 N–H and O–H groups in total. The Bertz CT molecular complexity index is 450. The van der Waals surface area contributed by atoms with Crippen molar-refractivity contribution in [3.63, 3.8) is 0 Å². The van der Waals surface area contributed by atoms with Gasteiger partial charge in [0, 0.05) is 26.2 Å². The van der Waals surface area contributed by atoms with Crippen LogP contribution in [0.25, 0.3) is 0 Å². The van der Waals surface area contributed by atoms with Crippen LogP contribution in [0, 0.1) is 0 Å². The summed E-state index contributed by atoms with van der Waals surface area (Å²) in [6.07, 6.45) is 1.99. The van der Waals surface area contributed by atoms with E-state index in [1.54, 1.807) is 4.90 Å². The molecule has 0 aliphatic heterocycles. The lowest BCUT2D eigenvalue weighted by Crippen LogP contribution is -2.38. The number of urea groups is 1. The van der Waals surface area contributed by atoms with Gasteiger partial charge in [-0.05, 0) is 25.8 Å². The third-order valence-electron chi connectivity index (χ3n) is 2.62. The Kier molecular flexibility index (Phi) is 9.39. The summed E-state index contributed by atoms with van der Waals surface area (Å²) in [5, 5.41) is 5.06. The lowest BCUT2D eigenvalue weighted by molar-refractivity contribution is -0.125. The van der Waals surface area contributed by atoms with Gasteiger partial charge < -0.3 is 15.5 Å². The number of hydrogen-bond acceptors (Lipinski definition) is 4. The van der Waals surface area contributed by atoms with Crippen molar-refractivity contribution >= 4 is 22.1 Å². The zero-order chi connectivity index (χ0) is 16.3. The highest BCUT2D eigenvalue weighted by Crippen LogP contribution is 1.93. The average Bonchev–Trinajstić information content (AvgIpc) is 2.42. The van der Waals surface area contributed by atoms with Crippen LogP contribution in [0.15, 0.2) is 12.7 Å². The maximum Gasteiger partial charge on any atom is 0.314 e. The van der Waals surface area contributed by atoms with E-state index in [1.807, 2.05) is 6.92 Å². The normalized spacial score (nSPS) is 10.8. The Morgan fingerprint density at radius 2 is 1.81 bits per heavy atom. The SMILES string of the molecule is C=CC(=O)N(CC)CCCNC(=O)NCCCS(=O)(=O)O. The molecular weight excluding hydrogens is 298 g/mol. The molecular formula is C12H23N3O5S. The van der Waals surface area contributed by atoms with E-state index >= 15 is 0 Å². The minimum atomic E-state index is -3.98. The maximum atomic E-state index is 11.4. The van der Waals surface area contributed by atoms with Crippen LogP contribution in [0.2, 0.25) is 0 Å². The van der Waals surface area contributed by atoms with E-state index < -0.39 is 16.1 Å². The highest BCUT2D eigenvalue weighted by Gasteiger charge is 2.07. The molecule has 0 aliphatic rings. The number of carbonyl (C=O) groups is 2. The van der Waals surface area contributed by atoms with Crippen LogP contribution in [-0.4, -0.2) is 61.7 Å². The minimum absolute atomic E-state index is 0.143. The molecule has 0 unspecified atom stereocenters. The summed E-state index contributed by atoms with van der Waals surface area (Å²) in [7, 11) is -3.98. The van der Waals surface area contributed by atoms with Gasteiger partial charge in [-0.1, -0.05) is 6.58 Å². The molecule has 0 saturated carbocycles. The van der Waals surface area contributed by atoms with Crippen LogP contribution in [0.1, 0.15) is 19.8 Å². The Morgan fingerprint density at radius 1 is 1.24 bits per heavy atom. The van der Waals surface area contributed by atoms with Gasteiger partial charge in [-0.3, -0.25) is 9.35 Å². The summed E-state index contributed by atoms with van der Waals surface area (Å²) in [6, 6.07) is -0.413. The van der Waals surface area contributed by atoms with Crippen LogP contribution < -0.4 is 10.6 Å². The first-order chi connectivity index (χ1) is 9.80. The summed E-state index contributed by atoms with van der Waals surface area (Å²) in [5.74, 6) is -0.533. The second kappa shape index (κ2) is 10.2. The fraction of sp³-hybridized carbons (Fsp3) is 0.667. The van der Waals surface area contributed by atoms with E-state index in [4.69, 9.17) is 4.55 Å². The third kappa shape index (κ3) is 10.8. The molecule has 0 radical (unpaired) electrons. The summed E-state index contributed by atoms with van der Waals surface area (Å²) >= 11 is 0. The van der Waals surface area contributed by atoms with Crippen LogP contribution in [-0.2, 0) is 14.9 Å². The molecule has 0 heterocycles. The lowest BCUT2D eigenvalue weighted by atomic mass is 10.3. The highest BCUT2D eigenvalue weighted by atomic mass is 32.2. The van der Waals surface area contributed by atoms with Crippen molar-refractivity contribution in [2.75, 3.05) is 31.9 Å². The zero-order valence-corrected chi connectivity index (χ0v) is 13.0. The Morgan fingerprint density at radius 3 is 2.29 bits per heavy atom. The molecule has 0 aliphatic carbocycles. The van der Waals surface area contributed by atoms with E-state index in [2.05, 4.69) is 17.2 Å². The quantitative estimate of drug-likeness (QED) is 0.297. The number of rotatable bonds is 10. The lowest BCUT2D eigenvalue weighted by Gasteiger charge is -2.18. The van der Waals surface area contributed by atoms with E-state index in [1.165, 1.54) is 6.08 Å². The standard InChI is InChI=1S/C12H23N3O5S/c1-3-11(16)15(4-2)9-5-7-13-12(17)14-8-6-10-21(18,19)20/h3H,1,4-10H2,2H3,(H2,13,14,17)(H,18,19,20). The molecule has 8 nitrogen and oxygen atoms in total. The van der Waals surface area contributed by atoms with Crippen LogP contribution in [0.3, 0.4) is 0 Å². The zero-order valence-electron chi connectivity index (χ0n) is 12.2. The Hall–Kier alpha value is -1.61. The second-order valence-corrected chi connectivity index (χ2v) is 5.87. The largest absolute Gasteiger partial charge is 0.339 e. The molecule has 3 amide bonds. The number of nitrogens with zero attached hydrogens (tertiary/aromatic N) is 1. The molecule has 0 fully saturated rings. The predicted molar refractivity (Wildman–Crippen MR) is 79.5 cm³/mol. The fourth-order valence-electron chi connectivity index (χ4n) is 1.54. The molecule has 0 spiro atoms. The second-order valence-electron chi connectivity index (χ2n) is 4.30.